The van der Waals surface area contributed by atoms with Crippen molar-refractivity contribution in [2.75, 3.05) is 4.90 Å². The summed E-state index contributed by atoms with van der Waals surface area (Å²) in [5, 5.41) is 12.2. The molecule has 0 saturated carbocycles. The van der Waals surface area contributed by atoms with Crippen molar-refractivity contribution in [3.8, 4) is 11.3 Å². The van der Waals surface area contributed by atoms with E-state index >= 15 is 0 Å². The Hall–Kier alpha value is -1.59. The number of rotatable bonds is 2. The Kier molecular flexibility index (Phi) is 4.01. The second-order valence-electron chi connectivity index (χ2n) is 5.28. The molecule has 2 rings (SSSR count). The third-order valence-electron chi connectivity index (χ3n) is 2.70. The van der Waals surface area contributed by atoms with Crippen molar-refractivity contribution in [2.45, 2.75) is 26.3 Å². The predicted octanol–water partition coefficient (Wildman–Crippen LogP) is 4.75. The van der Waals surface area contributed by atoms with Gasteiger partial charge >= 0.3 is 6.09 Å². The lowest BCUT2D eigenvalue weighted by atomic mass is 10.1. The van der Waals surface area contributed by atoms with E-state index in [1.54, 1.807) is 6.07 Å². The summed E-state index contributed by atoms with van der Waals surface area (Å²) in [6.45, 7) is 5.49. The number of hydrogen-bond donors (Lipinski definition) is 1. The number of nitrogens with zero attached hydrogens (tertiary/aromatic N) is 2. The van der Waals surface area contributed by atoms with Crippen LogP contribution >= 0.6 is 22.9 Å². The first-order chi connectivity index (χ1) is 9.30. The minimum atomic E-state index is -1.02. The third-order valence-corrected chi connectivity index (χ3v) is 3.85. The summed E-state index contributed by atoms with van der Waals surface area (Å²) in [7, 11) is 0. The minimum absolute atomic E-state index is 0.444. The van der Waals surface area contributed by atoms with Crippen LogP contribution in [-0.2, 0) is 0 Å². The second kappa shape index (κ2) is 5.42. The molecule has 0 unspecified atom stereocenters. The number of hydrogen-bond acceptors (Lipinski definition) is 3. The molecular formula is C14H15ClN2O2S. The number of anilines is 1. The zero-order valence-corrected chi connectivity index (χ0v) is 13.0. The molecule has 4 nitrogen and oxygen atoms in total. The highest BCUT2D eigenvalue weighted by molar-refractivity contribution is 7.14. The van der Waals surface area contributed by atoms with Gasteiger partial charge in [-0.1, -0.05) is 29.8 Å². The van der Waals surface area contributed by atoms with Crippen LogP contribution in [0.4, 0.5) is 9.93 Å². The molecule has 0 radical (unpaired) electrons. The van der Waals surface area contributed by atoms with Gasteiger partial charge in [0, 0.05) is 21.5 Å². The molecule has 1 N–H and O–H groups in total. The van der Waals surface area contributed by atoms with Gasteiger partial charge in [0.1, 0.15) is 0 Å². The normalized spacial score (nSPS) is 11.4. The molecule has 1 amide bonds. The van der Waals surface area contributed by atoms with E-state index in [-0.39, 0.29) is 0 Å². The zero-order chi connectivity index (χ0) is 14.9. The summed E-state index contributed by atoms with van der Waals surface area (Å²) in [5.74, 6) is 0. The third kappa shape index (κ3) is 2.94. The molecule has 0 atom stereocenters. The largest absolute Gasteiger partial charge is 0.465 e. The van der Waals surface area contributed by atoms with E-state index in [4.69, 9.17) is 11.6 Å². The first kappa shape index (κ1) is 14.8. The molecule has 0 spiro atoms. The monoisotopic (exact) mass is 310 g/mol. The fourth-order valence-electron chi connectivity index (χ4n) is 1.82. The van der Waals surface area contributed by atoms with E-state index in [0.717, 1.165) is 5.56 Å². The quantitative estimate of drug-likeness (QED) is 0.871. The number of aromatic nitrogens is 1. The van der Waals surface area contributed by atoms with Crippen LogP contribution in [0.1, 0.15) is 20.8 Å². The molecule has 2 aromatic rings. The number of benzene rings is 1. The molecule has 106 valence electrons. The smallest absolute Gasteiger partial charge is 0.414 e. The number of halogens is 1. The maximum absolute atomic E-state index is 11.4. The molecule has 0 fully saturated rings. The lowest BCUT2D eigenvalue weighted by Gasteiger charge is -2.30. The van der Waals surface area contributed by atoms with Gasteiger partial charge in [0.15, 0.2) is 5.13 Å². The molecule has 0 aliphatic rings. The summed E-state index contributed by atoms with van der Waals surface area (Å²) < 4.78 is 0. The second-order valence-corrected chi connectivity index (χ2v) is 6.53. The first-order valence-corrected chi connectivity index (χ1v) is 7.30. The Morgan fingerprint density at radius 2 is 2.00 bits per heavy atom. The number of carboxylic acid groups (broad SMARTS) is 1. The highest BCUT2D eigenvalue weighted by Gasteiger charge is 2.30. The van der Waals surface area contributed by atoms with Gasteiger partial charge in [0.2, 0.25) is 0 Å². The molecular weight excluding hydrogens is 296 g/mol. The Balaban J connectivity index is 2.43. The van der Waals surface area contributed by atoms with Crippen molar-refractivity contribution in [2.24, 2.45) is 0 Å². The number of amides is 1. The van der Waals surface area contributed by atoms with E-state index in [2.05, 4.69) is 4.98 Å². The topological polar surface area (TPSA) is 53.4 Å². The Bertz CT molecular complexity index is 634. The summed E-state index contributed by atoms with van der Waals surface area (Å²) in [5.41, 5.74) is 0.934. The number of thiazole rings is 1. The van der Waals surface area contributed by atoms with Crippen molar-refractivity contribution in [1.29, 1.82) is 0 Å². The van der Waals surface area contributed by atoms with Crippen molar-refractivity contribution in [1.82, 2.24) is 4.98 Å². The lowest BCUT2D eigenvalue weighted by molar-refractivity contribution is 0.195. The van der Waals surface area contributed by atoms with Crippen LogP contribution in [0, 0.1) is 0 Å². The fraction of sp³-hybridized carbons (Fsp3) is 0.286. The minimum Gasteiger partial charge on any atom is -0.465 e. The van der Waals surface area contributed by atoms with Crippen LogP contribution in [0.3, 0.4) is 0 Å². The van der Waals surface area contributed by atoms with E-state index in [0.29, 0.717) is 15.8 Å². The molecule has 6 heteroatoms. The molecule has 0 bridgehead atoms. The fourth-order valence-corrected chi connectivity index (χ4v) is 3.05. The van der Waals surface area contributed by atoms with Crippen LogP contribution in [-0.4, -0.2) is 21.7 Å². The van der Waals surface area contributed by atoms with Gasteiger partial charge < -0.3 is 5.11 Å². The van der Waals surface area contributed by atoms with Gasteiger partial charge in [-0.3, -0.25) is 0 Å². The van der Waals surface area contributed by atoms with Crippen LogP contribution in [0.25, 0.3) is 11.3 Å². The van der Waals surface area contributed by atoms with E-state index in [9.17, 15) is 9.90 Å². The van der Waals surface area contributed by atoms with Crippen LogP contribution < -0.4 is 4.90 Å². The first-order valence-electron chi connectivity index (χ1n) is 6.04. The molecule has 1 heterocycles. The summed E-state index contributed by atoms with van der Waals surface area (Å²) in [6, 6.07) is 7.37. The van der Waals surface area contributed by atoms with Crippen molar-refractivity contribution in [3.05, 3.63) is 34.7 Å². The summed E-state index contributed by atoms with van der Waals surface area (Å²) in [6.07, 6.45) is -1.02. The number of carbonyl (C=O) groups is 1. The highest BCUT2D eigenvalue weighted by Crippen LogP contribution is 2.34. The molecule has 20 heavy (non-hydrogen) atoms. The van der Waals surface area contributed by atoms with Gasteiger partial charge in [0.05, 0.1) is 5.69 Å². The Morgan fingerprint density at radius 3 is 2.55 bits per heavy atom. The lowest BCUT2D eigenvalue weighted by Crippen LogP contribution is -2.45. The standard InChI is InChI=1S/C14H15ClN2O2S/c1-14(2,3)17(13(18)19)12-16-11(8-20-12)9-6-4-5-7-10(9)15/h4-8H,1-3H3,(H,18,19). The molecule has 1 aromatic heterocycles. The van der Waals surface area contributed by atoms with Gasteiger partial charge in [-0.25, -0.2) is 14.7 Å². The molecule has 0 aliphatic carbocycles. The molecule has 0 aliphatic heterocycles. The average molecular weight is 311 g/mol. The van der Waals surface area contributed by atoms with Crippen molar-refractivity contribution >= 4 is 34.2 Å². The van der Waals surface area contributed by atoms with Crippen LogP contribution in [0.2, 0.25) is 5.02 Å². The maximum Gasteiger partial charge on any atom is 0.414 e. The van der Waals surface area contributed by atoms with Crippen LogP contribution in [0.15, 0.2) is 29.6 Å². The maximum atomic E-state index is 11.4. The summed E-state index contributed by atoms with van der Waals surface area (Å²) >= 11 is 7.43. The summed E-state index contributed by atoms with van der Waals surface area (Å²) in [4.78, 5) is 17.1. The van der Waals surface area contributed by atoms with Crippen molar-refractivity contribution < 1.29 is 9.90 Å². The van der Waals surface area contributed by atoms with Gasteiger partial charge in [0.25, 0.3) is 0 Å². The van der Waals surface area contributed by atoms with E-state index in [1.165, 1.54) is 16.2 Å². The SMILES string of the molecule is CC(C)(C)N(C(=O)O)c1nc(-c2ccccc2Cl)cs1. The predicted molar refractivity (Wildman–Crippen MR) is 82.8 cm³/mol. The highest BCUT2D eigenvalue weighted by atomic mass is 35.5. The van der Waals surface area contributed by atoms with Crippen LogP contribution in [0.5, 0.6) is 0 Å². The molecule has 1 aromatic carbocycles. The Morgan fingerprint density at radius 1 is 1.35 bits per heavy atom. The zero-order valence-electron chi connectivity index (χ0n) is 11.4. The van der Waals surface area contributed by atoms with Gasteiger partial charge in [-0.15, -0.1) is 11.3 Å². The van der Waals surface area contributed by atoms with Crippen molar-refractivity contribution in [3.63, 3.8) is 0 Å². The molecule has 0 saturated heterocycles. The van der Waals surface area contributed by atoms with Gasteiger partial charge in [-0.05, 0) is 26.8 Å². The van der Waals surface area contributed by atoms with E-state index in [1.807, 2.05) is 44.4 Å². The van der Waals surface area contributed by atoms with E-state index < -0.39 is 11.6 Å². The average Bonchev–Trinajstić information content (AvgIpc) is 2.76. The Labute approximate surface area is 126 Å². The van der Waals surface area contributed by atoms with Gasteiger partial charge in [-0.2, -0.15) is 0 Å².